The summed E-state index contributed by atoms with van der Waals surface area (Å²) < 4.78 is 4.95. The van der Waals surface area contributed by atoms with E-state index in [0.717, 1.165) is 16.8 Å². The molecule has 1 N–H and O–H groups in total. The molecule has 28 heavy (non-hydrogen) atoms. The van der Waals surface area contributed by atoms with Crippen molar-refractivity contribution in [3.05, 3.63) is 59.2 Å². The fourth-order valence-electron chi connectivity index (χ4n) is 3.48. The van der Waals surface area contributed by atoms with Gasteiger partial charge in [0.15, 0.2) is 0 Å². The smallest absolute Gasteiger partial charge is 0.338 e. The van der Waals surface area contributed by atoms with Crippen LogP contribution >= 0.6 is 0 Å². The van der Waals surface area contributed by atoms with Gasteiger partial charge in [0, 0.05) is 24.3 Å². The lowest BCUT2D eigenvalue weighted by atomic mass is 10.1. The first-order valence-corrected chi connectivity index (χ1v) is 9.35. The molecule has 1 aliphatic heterocycles. The number of carbonyl (C=O) groups is 3. The van der Waals surface area contributed by atoms with Gasteiger partial charge >= 0.3 is 5.97 Å². The summed E-state index contributed by atoms with van der Waals surface area (Å²) in [7, 11) is 0. The van der Waals surface area contributed by atoms with Gasteiger partial charge in [0.1, 0.15) is 0 Å². The van der Waals surface area contributed by atoms with Crippen molar-refractivity contribution in [3.63, 3.8) is 0 Å². The standard InChI is InChI=1S/C22H24N2O4/c1-4-28-22(27)16-8-10-18(11-9-16)23-21(26)17-12-19(25)24(13-17)20-14(2)6-5-7-15(20)3/h5-11,17H,4,12-13H2,1-3H3,(H,23,26)/t17-/m1/s1. The molecule has 0 aromatic heterocycles. The topological polar surface area (TPSA) is 75.7 Å². The quantitative estimate of drug-likeness (QED) is 0.806. The first-order chi connectivity index (χ1) is 13.4. The van der Waals surface area contributed by atoms with E-state index in [1.54, 1.807) is 36.1 Å². The number of hydrogen-bond acceptors (Lipinski definition) is 4. The third-order valence-corrected chi connectivity index (χ3v) is 4.87. The van der Waals surface area contributed by atoms with E-state index >= 15 is 0 Å². The monoisotopic (exact) mass is 380 g/mol. The van der Waals surface area contributed by atoms with Crippen LogP contribution in [0.4, 0.5) is 11.4 Å². The highest BCUT2D eigenvalue weighted by atomic mass is 16.5. The number of hydrogen-bond donors (Lipinski definition) is 1. The summed E-state index contributed by atoms with van der Waals surface area (Å²) in [5, 5.41) is 2.83. The molecule has 1 heterocycles. The third-order valence-electron chi connectivity index (χ3n) is 4.87. The van der Waals surface area contributed by atoms with E-state index in [1.165, 1.54) is 0 Å². The minimum Gasteiger partial charge on any atom is -0.462 e. The van der Waals surface area contributed by atoms with E-state index in [9.17, 15) is 14.4 Å². The Morgan fingerprint density at radius 1 is 1.11 bits per heavy atom. The second kappa shape index (κ2) is 8.25. The van der Waals surface area contributed by atoms with Crippen LogP contribution < -0.4 is 10.2 Å². The number of benzene rings is 2. The summed E-state index contributed by atoms with van der Waals surface area (Å²) in [5.41, 5.74) is 3.93. The van der Waals surface area contributed by atoms with Crippen LogP contribution in [-0.2, 0) is 14.3 Å². The molecule has 1 fully saturated rings. The van der Waals surface area contributed by atoms with Gasteiger partial charge in [-0.25, -0.2) is 4.79 Å². The Morgan fingerprint density at radius 3 is 2.36 bits per heavy atom. The summed E-state index contributed by atoms with van der Waals surface area (Å²) in [6.45, 7) is 6.35. The summed E-state index contributed by atoms with van der Waals surface area (Å²) in [6, 6.07) is 12.4. The SMILES string of the molecule is CCOC(=O)c1ccc(NC(=O)[C@@H]2CC(=O)N(c3c(C)cccc3C)C2)cc1. The molecule has 2 aromatic carbocycles. The number of anilines is 2. The first kappa shape index (κ1) is 19.6. The molecule has 6 heteroatoms. The Hall–Kier alpha value is -3.15. The van der Waals surface area contributed by atoms with Gasteiger partial charge in [-0.1, -0.05) is 18.2 Å². The average Bonchev–Trinajstić information content (AvgIpc) is 3.04. The Morgan fingerprint density at radius 2 is 1.75 bits per heavy atom. The maximum Gasteiger partial charge on any atom is 0.338 e. The molecule has 1 aliphatic rings. The summed E-state index contributed by atoms with van der Waals surface area (Å²) >= 11 is 0. The van der Waals surface area contributed by atoms with Crippen LogP contribution in [0.5, 0.6) is 0 Å². The lowest BCUT2D eigenvalue weighted by Crippen LogP contribution is -2.29. The highest BCUT2D eigenvalue weighted by Gasteiger charge is 2.36. The molecule has 3 rings (SSSR count). The number of ether oxygens (including phenoxy) is 1. The summed E-state index contributed by atoms with van der Waals surface area (Å²) in [5.74, 6) is -1.07. The number of amides is 2. The molecule has 2 aromatic rings. The van der Waals surface area contributed by atoms with Crippen LogP contribution in [0.2, 0.25) is 0 Å². The zero-order chi connectivity index (χ0) is 20.3. The minimum atomic E-state index is -0.420. The van der Waals surface area contributed by atoms with Crippen molar-refractivity contribution in [2.24, 2.45) is 5.92 Å². The van der Waals surface area contributed by atoms with Crippen LogP contribution in [0, 0.1) is 19.8 Å². The van der Waals surface area contributed by atoms with Gasteiger partial charge in [0.25, 0.3) is 0 Å². The predicted molar refractivity (Wildman–Crippen MR) is 107 cm³/mol. The number of nitrogens with one attached hydrogen (secondary N) is 1. The highest BCUT2D eigenvalue weighted by molar-refractivity contribution is 6.04. The van der Waals surface area contributed by atoms with Gasteiger partial charge < -0.3 is 15.0 Å². The van der Waals surface area contributed by atoms with Gasteiger partial charge in [-0.05, 0) is 56.2 Å². The zero-order valence-corrected chi connectivity index (χ0v) is 16.3. The van der Waals surface area contributed by atoms with Crippen LogP contribution in [0.25, 0.3) is 0 Å². The highest BCUT2D eigenvalue weighted by Crippen LogP contribution is 2.31. The molecule has 0 spiro atoms. The maximum absolute atomic E-state index is 12.6. The number of aryl methyl sites for hydroxylation is 2. The second-order valence-corrected chi connectivity index (χ2v) is 6.93. The van der Waals surface area contributed by atoms with Gasteiger partial charge in [-0.3, -0.25) is 9.59 Å². The summed E-state index contributed by atoms with van der Waals surface area (Å²) in [6.07, 6.45) is 0.181. The molecule has 0 aliphatic carbocycles. The largest absolute Gasteiger partial charge is 0.462 e. The predicted octanol–water partition coefficient (Wildman–Crippen LogP) is 3.47. The Kier molecular flexibility index (Phi) is 5.78. The molecule has 1 atom stereocenters. The number of esters is 1. The molecule has 146 valence electrons. The van der Waals surface area contributed by atoms with Crippen molar-refractivity contribution in [3.8, 4) is 0 Å². The van der Waals surface area contributed by atoms with Crippen molar-refractivity contribution >= 4 is 29.2 Å². The molecule has 1 saturated heterocycles. The van der Waals surface area contributed by atoms with Crippen molar-refractivity contribution < 1.29 is 19.1 Å². The van der Waals surface area contributed by atoms with Crippen LogP contribution in [0.1, 0.15) is 34.8 Å². The Bertz CT molecular complexity index is 885. The fraction of sp³-hybridized carbons (Fsp3) is 0.318. The van der Waals surface area contributed by atoms with Crippen molar-refractivity contribution in [1.82, 2.24) is 0 Å². The van der Waals surface area contributed by atoms with Crippen molar-refractivity contribution in [1.29, 1.82) is 0 Å². The molecule has 0 saturated carbocycles. The third kappa shape index (κ3) is 4.06. The number of nitrogens with zero attached hydrogens (tertiary/aromatic N) is 1. The maximum atomic E-state index is 12.6. The van der Waals surface area contributed by atoms with E-state index in [1.807, 2.05) is 32.0 Å². The minimum absolute atomic E-state index is 0.0461. The molecule has 6 nitrogen and oxygen atoms in total. The first-order valence-electron chi connectivity index (χ1n) is 9.35. The van der Waals surface area contributed by atoms with E-state index in [4.69, 9.17) is 4.74 Å². The second-order valence-electron chi connectivity index (χ2n) is 6.93. The number of rotatable bonds is 5. The lowest BCUT2D eigenvalue weighted by Gasteiger charge is -2.21. The molecule has 2 amide bonds. The van der Waals surface area contributed by atoms with E-state index in [-0.39, 0.29) is 18.2 Å². The van der Waals surface area contributed by atoms with E-state index in [0.29, 0.717) is 24.4 Å². The summed E-state index contributed by atoms with van der Waals surface area (Å²) in [4.78, 5) is 38.6. The van der Waals surface area contributed by atoms with Crippen LogP contribution in [-0.4, -0.2) is 30.9 Å². The van der Waals surface area contributed by atoms with Crippen LogP contribution in [0.15, 0.2) is 42.5 Å². The van der Waals surface area contributed by atoms with Crippen molar-refractivity contribution in [2.45, 2.75) is 27.2 Å². The van der Waals surface area contributed by atoms with Gasteiger partial charge in [0.2, 0.25) is 11.8 Å². The van der Waals surface area contributed by atoms with Crippen molar-refractivity contribution in [2.75, 3.05) is 23.4 Å². The number of para-hydroxylation sites is 1. The Labute approximate surface area is 164 Å². The van der Waals surface area contributed by atoms with Crippen LogP contribution in [0.3, 0.4) is 0 Å². The normalized spacial score (nSPS) is 16.2. The molecule has 0 radical (unpaired) electrons. The van der Waals surface area contributed by atoms with Gasteiger partial charge in [-0.15, -0.1) is 0 Å². The zero-order valence-electron chi connectivity index (χ0n) is 16.3. The van der Waals surface area contributed by atoms with Gasteiger partial charge in [-0.2, -0.15) is 0 Å². The number of carbonyl (C=O) groups excluding carboxylic acids is 3. The molecular weight excluding hydrogens is 356 g/mol. The molecular formula is C22H24N2O4. The van der Waals surface area contributed by atoms with E-state index < -0.39 is 11.9 Å². The van der Waals surface area contributed by atoms with Gasteiger partial charge in [0.05, 0.1) is 18.1 Å². The molecule has 0 bridgehead atoms. The van der Waals surface area contributed by atoms with E-state index in [2.05, 4.69) is 5.32 Å². The molecule has 0 unspecified atom stereocenters. The Balaban J connectivity index is 1.67. The lowest BCUT2D eigenvalue weighted by molar-refractivity contribution is -0.122. The fourth-order valence-corrected chi connectivity index (χ4v) is 3.48. The average molecular weight is 380 g/mol.